The molecule has 12 rings (SSSR count). The number of para-hydroxylation sites is 3. The first-order chi connectivity index (χ1) is 28.8. The van der Waals surface area contributed by atoms with Crippen LogP contribution < -0.4 is 0 Å². The standard InChI is InChI=1S/C53H33N5/c1-3-13-36(14-4-1)47-33-49-42-18-7-10-20-45(42)55-53(58(49)56-47)38-25-23-34(24-26-38)35-27-29-39(30-28-35)57-48-22-12-9-17-40(48)41-31-32-44-50(52(41)57)43-19-8-11-21-46(43)54-51(44)37-15-5-2-6-16-37/h1-33H. The lowest BCUT2D eigenvalue weighted by Crippen LogP contribution is -1.99. The van der Waals surface area contributed by atoms with Gasteiger partial charge in [0.15, 0.2) is 5.82 Å². The van der Waals surface area contributed by atoms with Gasteiger partial charge in [-0.15, -0.1) is 0 Å². The van der Waals surface area contributed by atoms with Gasteiger partial charge in [0.2, 0.25) is 0 Å². The van der Waals surface area contributed by atoms with Crippen molar-refractivity contribution < 1.29 is 0 Å². The Balaban J connectivity index is 0.986. The third-order valence-electron chi connectivity index (χ3n) is 11.5. The summed E-state index contributed by atoms with van der Waals surface area (Å²) in [6.45, 7) is 0. The van der Waals surface area contributed by atoms with Crippen LogP contribution in [-0.2, 0) is 0 Å². The number of hydrogen-bond acceptors (Lipinski definition) is 3. The molecule has 0 saturated heterocycles. The van der Waals surface area contributed by atoms with E-state index in [-0.39, 0.29) is 0 Å². The van der Waals surface area contributed by atoms with Gasteiger partial charge in [0, 0.05) is 54.7 Å². The number of hydrogen-bond donors (Lipinski definition) is 0. The molecule has 0 radical (unpaired) electrons. The summed E-state index contributed by atoms with van der Waals surface area (Å²) in [5.41, 5.74) is 13.8. The first kappa shape index (κ1) is 32.4. The average molecular weight is 740 g/mol. The second-order valence-electron chi connectivity index (χ2n) is 14.8. The Morgan fingerprint density at radius 3 is 1.67 bits per heavy atom. The molecule has 0 atom stereocenters. The van der Waals surface area contributed by atoms with Crippen LogP contribution in [0.4, 0.5) is 0 Å². The minimum Gasteiger partial charge on any atom is -0.309 e. The number of aromatic nitrogens is 5. The Hall–Kier alpha value is -7.89. The SMILES string of the molecule is c1ccc(-c2cc3c4ccccc4nc(-c4ccc(-c5ccc(-n6c7ccccc7c7ccc8c(-c9ccccc9)nc9ccccc9c8c76)cc5)cc4)n3n2)cc1. The molecule has 5 heteroatoms. The lowest BCUT2D eigenvalue weighted by atomic mass is 9.97. The smallest absolute Gasteiger partial charge is 0.161 e. The fourth-order valence-corrected chi connectivity index (χ4v) is 8.81. The van der Waals surface area contributed by atoms with Crippen LogP contribution in [0.2, 0.25) is 0 Å². The highest BCUT2D eigenvalue weighted by Crippen LogP contribution is 2.42. The second-order valence-corrected chi connectivity index (χ2v) is 14.8. The van der Waals surface area contributed by atoms with E-state index in [4.69, 9.17) is 15.1 Å². The van der Waals surface area contributed by atoms with Gasteiger partial charge >= 0.3 is 0 Å². The van der Waals surface area contributed by atoms with Crippen LogP contribution in [0.3, 0.4) is 0 Å². The van der Waals surface area contributed by atoms with Gasteiger partial charge in [0.1, 0.15) is 0 Å². The number of pyridine rings is 1. The minimum atomic E-state index is 0.814. The van der Waals surface area contributed by atoms with Gasteiger partial charge in [-0.05, 0) is 47.5 Å². The number of rotatable bonds is 5. The normalized spacial score (nSPS) is 11.8. The fourth-order valence-electron chi connectivity index (χ4n) is 8.81. The van der Waals surface area contributed by atoms with E-state index in [1.807, 2.05) is 28.8 Å². The van der Waals surface area contributed by atoms with Crippen molar-refractivity contribution in [2.24, 2.45) is 0 Å². The Morgan fingerprint density at radius 2 is 0.931 bits per heavy atom. The van der Waals surface area contributed by atoms with E-state index in [2.05, 4.69) is 180 Å². The summed E-state index contributed by atoms with van der Waals surface area (Å²) in [5.74, 6) is 0.814. The Morgan fingerprint density at radius 1 is 0.362 bits per heavy atom. The second kappa shape index (κ2) is 12.8. The van der Waals surface area contributed by atoms with Crippen LogP contribution >= 0.6 is 0 Å². The lowest BCUT2D eigenvalue weighted by molar-refractivity contribution is 0.949. The Labute approximate surface area is 333 Å². The highest BCUT2D eigenvalue weighted by atomic mass is 15.3. The first-order valence-electron chi connectivity index (χ1n) is 19.6. The van der Waals surface area contributed by atoms with E-state index in [1.54, 1.807) is 0 Å². The van der Waals surface area contributed by atoms with Gasteiger partial charge in [0.25, 0.3) is 0 Å². The molecule has 0 spiro atoms. The molecule has 0 aliphatic rings. The Bertz CT molecular complexity index is 3530. The Kier molecular flexibility index (Phi) is 7.16. The van der Waals surface area contributed by atoms with Crippen LogP contribution in [-0.4, -0.2) is 24.1 Å². The van der Waals surface area contributed by atoms with E-state index >= 15 is 0 Å². The van der Waals surface area contributed by atoms with Gasteiger partial charge in [-0.25, -0.2) is 14.5 Å². The molecule has 0 bridgehead atoms. The van der Waals surface area contributed by atoms with Gasteiger partial charge < -0.3 is 4.57 Å². The molecule has 0 unspecified atom stereocenters. The molecule has 4 aromatic heterocycles. The van der Waals surface area contributed by atoms with Gasteiger partial charge in [-0.1, -0.05) is 164 Å². The van der Waals surface area contributed by atoms with Crippen molar-refractivity contribution in [3.05, 3.63) is 200 Å². The highest BCUT2D eigenvalue weighted by Gasteiger charge is 2.20. The van der Waals surface area contributed by atoms with Crippen molar-refractivity contribution in [3.8, 4) is 50.7 Å². The van der Waals surface area contributed by atoms with Crippen molar-refractivity contribution in [1.29, 1.82) is 0 Å². The van der Waals surface area contributed by atoms with Crippen LogP contribution in [0.5, 0.6) is 0 Å². The summed E-state index contributed by atoms with van der Waals surface area (Å²) in [5, 5.41) is 12.1. The molecular formula is C53H33N5. The third kappa shape index (κ3) is 5.00. The molecule has 0 fully saturated rings. The van der Waals surface area contributed by atoms with Crippen molar-refractivity contribution >= 4 is 59.9 Å². The van der Waals surface area contributed by atoms with Crippen molar-refractivity contribution in [1.82, 2.24) is 24.1 Å². The molecule has 0 aliphatic heterocycles. The molecular weight excluding hydrogens is 707 g/mol. The van der Waals surface area contributed by atoms with Gasteiger partial charge in [0.05, 0.1) is 39.0 Å². The van der Waals surface area contributed by atoms with Crippen LogP contribution in [0.1, 0.15) is 0 Å². The molecule has 58 heavy (non-hydrogen) atoms. The topological polar surface area (TPSA) is 48.0 Å². The summed E-state index contributed by atoms with van der Waals surface area (Å²) in [6.07, 6.45) is 0. The van der Waals surface area contributed by atoms with Crippen molar-refractivity contribution in [2.75, 3.05) is 0 Å². The largest absolute Gasteiger partial charge is 0.309 e. The van der Waals surface area contributed by atoms with Crippen LogP contribution in [0.25, 0.3) is 111 Å². The van der Waals surface area contributed by atoms with E-state index in [0.717, 1.165) is 83.4 Å². The molecule has 0 amide bonds. The van der Waals surface area contributed by atoms with Gasteiger partial charge in [-0.3, -0.25) is 0 Å². The number of nitrogens with zero attached hydrogens (tertiary/aromatic N) is 5. The molecule has 8 aromatic carbocycles. The van der Waals surface area contributed by atoms with Crippen LogP contribution in [0, 0.1) is 0 Å². The summed E-state index contributed by atoms with van der Waals surface area (Å²) < 4.78 is 4.43. The minimum absolute atomic E-state index is 0.814. The van der Waals surface area contributed by atoms with E-state index < -0.39 is 0 Å². The van der Waals surface area contributed by atoms with Gasteiger partial charge in [-0.2, -0.15) is 5.10 Å². The first-order valence-corrected chi connectivity index (χ1v) is 19.6. The summed E-state index contributed by atoms with van der Waals surface area (Å²) >= 11 is 0. The zero-order valence-electron chi connectivity index (χ0n) is 31.3. The maximum Gasteiger partial charge on any atom is 0.161 e. The molecule has 0 saturated carbocycles. The molecule has 12 aromatic rings. The monoisotopic (exact) mass is 739 g/mol. The van der Waals surface area contributed by atoms with Crippen molar-refractivity contribution in [2.45, 2.75) is 0 Å². The highest BCUT2D eigenvalue weighted by molar-refractivity contribution is 6.26. The number of fused-ring (bicyclic) bond motifs is 10. The zero-order chi connectivity index (χ0) is 38.2. The molecule has 4 heterocycles. The van der Waals surface area contributed by atoms with E-state index in [0.29, 0.717) is 0 Å². The number of benzene rings is 8. The lowest BCUT2D eigenvalue weighted by Gasteiger charge is -2.15. The summed E-state index contributed by atoms with van der Waals surface area (Å²) in [4.78, 5) is 10.4. The maximum absolute atomic E-state index is 5.23. The van der Waals surface area contributed by atoms with Crippen molar-refractivity contribution in [3.63, 3.8) is 0 Å². The summed E-state index contributed by atoms with van der Waals surface area (Å²) in [6, 6.07) is 70.8. The maximum atomic E-state index is 5.23. The molecule has 0 N–H and O–H groups in total. The third-order valence-corrected chi connectivity index (χ3v) is 11.5. The molecule has 0 aliphatic carbocycles. The molecule has 5 nitrogen and oxygen atoms in total. The van der Waals surface area contributed by atoms with Crippen LogP contribution in [0.15, 0.2) is 200 Å². The summed E-state index contributed by atoms with van der Waals surface area (Å²) in [7, 11) is 0. The fraction of sp³-hybridized carbons (Fsp3) is 0. The molecule has 270 valence electrons. The average Bonchev–Trinajstić information content (AvgIpc) is 3.90. The zero-order valence-corrected chi connectivity index (χ0v) is 31.3. The predicted octanol–water partition coefficient (Wildman–Crippen LogP) is 13.3. The predicted molar refractivity (Wildman–Crippen MR) is 239 cm³/mol. The van der Waals surface area contributed by atoms with E-state index in [1.165, 1.54) is 27.2 Å². The quantitative estimate of drug-likeness (QED) is 0.165. The van der Waals surface area contributed by atoms with E-state index in [9.17, 15) is 0 Å².